The molecule has 1 fully saturated rings. The normalized spacial score (nSPS) is 16.7. The van der Waals surface area contributed by atoms with E-state index in [1.54, 1.807) is 0 Å². The molecule has 2 aromatic rings. The molecule has 0 aliphatic carbocycles. The van der Waals surface area contributed by atoms with Gasteiger partial charge in [-0.3, -0.25) is 0 Å². The van der Waals surface area contributed by atoms with Gasteiger partial charge in [0.15, 0.2) is 0 Å². The highest BCUT2D eigenvalue weighted by molar-refractivity contribution is 5.89. The van der Waals surface area contributed by atoms with Crippen LogP contribution in [0.1, 0.15) is 33.6 Å². The number of fused-ring (bicyclic) bond motifs is 1. The van der Waals surface area contributed by atoms with Crippen molar-refractivity contribution in [1.82, 2.24) is 10.3 Å². The van der Waals surface area contributed by atoms with Gasteiger partial charge in [0.2, 0.25) is 5.88 Å². The molecule has 1 aromatic carbocycles. The van der Waals surface area contributed by atoms with Gasteiger partial charge in [0, 0.05) is 23.3 Å². The van der Waals surface area contributed by atoms with Gasteiger partial charge < -0.3 is 15.4 Å². The number of piperidine rings is 1. The van der Waals surface area contributed by atoms with Crippen LogP contribution >= 0.6 is 0 Å². The zero-order chi connectivity index (χ0) is 15.6. The first-order chi connectivity index (χ1) is 10.5. The van der Waals surface area contributed by atoms with Gasteiger partial charge >= 0.3 is 0 Å². The lowest BCUT2D eigenvalue weighted by atomic mass is 10.1. The van der Waals surface area contributed by atoms with Crippen molar-refractivity contribution in [2.24, 2.45) is 0 Å². The van der Waals surface area contributed by atoms with Crippen LogP contribution in [0.25, 0.3) is 10.8 Å². The average Bonchev–Trinajstić information content (AvgIpc) is 2.47. The molecule has 1 aliphatic rings. The van der Waals surface area contributed by atoms with Crippen LogP contribution in [0.2, 0.25) is 0 Å². The number of ether oxygens (including phenoxy) is 1. The first-order valence-corrected chi connectivity index (χ1v) is 8.06. The number of hydrogen-bond acceptors (Lipinski definition) is 4. The monoisotopic (exact) mass is 299 g/mol. The summed E-state index contributed by atoms with van der Waals surface area (Å²) in [5.41, 5.74) is 0.894. The third-order valence-corrected chi connectivity index (χ3v) is 3.84. The van der Waals surface area contributed by atoms with Gasteiger partial charge in [0.25, 0.3) is 0 Å². The summed E-state index contributed by atoms with van der Waals surface area (Å²) in [6.45, 7) is 8.32. The predicted molar refractivity (Wildman–Crippen MR) is 91.6 cm³/mol. The maximum atomic E-state index is 6.01. The zero-order valence-electron chi connectivity index (χ0n) is 13.6. The lowest BCUT2D eigenvalue weighted by Crippen LogP contribution is -2.35. The molecule has 118 valence electrons. The lowest BCUT2D eigenvalue weighted by molar-refractivity contribution is 0.126. The van der Waals surface area contributed by atoms with Crippen LogP contribution in [0.5, 0.6) is 5.88 Å². The number of anilines is 1. The molecule has 4 heteroatoms. The molecule has 0 radical (unpaired) electrons. The largest absolute Gasteiger partial charge is 0.471 e. The van der Waals surface area contributed by atoms with E-state index in [1.807, 2.05) is 33.0 Å². The molecular weight excluding hydrogens is 274 g/mol. The molecule has 1 aromatic heterocycles. The maximum absolute atomic E-state index is 6.01. The van der Waals surface area contributed by atoms with E-state index in [-0.39, 0.29) is 5.60 Å². The molecule has 1 saturated heterocycles. The van der Waals surface area contributed by atoms with E-state index in [0.717, 1.165) is 42.4 Å². The quantitative estimate of drug-likeness (QED) is 0.909. The number of hydrogen-bond donors (Lipinski definition) is 2. The van der Waals surface area contributed by atoms with E-state index in [4.69, 9.17) is 4.74 Å². The first-order valence-electron chi connectivity index (χ1n) is 8.06. The third-order valence-electron chi connectivity index (χ3n) is 3.84. The van der Waals surface area contributed by atoms with Gasteiger partial charge in [-0.1, -0.05) is 6.07 Å². The number of nitrogens with one attached hydrogen (secondary N) is 2. The van der Waals surface area contributed by atoms with Gasteiger partial charge in [-0.25, -0.2) is 4.98 Å². The Morgan fingerprint density at radius 3 is 2.68 bits per heavy atom. The fourth-order valence-electron chi connectivity index (χ4n) is 2.80. The fraction of sp³-hybridized carbons (Fsp3) is 0.500. The van der Waals surface area contributed by atoms with Crippen LogP contribution < -0.4 is 15.4 Å². The Labute approximate surface area is 132 Å². The Morgan fingerprint density at radius 2 is 1.95 bits per heavy atom. The zero-order valence-corrected chi connectivity index (χ0v) is 13.6. The topological polar surface area (TPSA) is 46.2 Å². The minimum Gasteiger partial charge on any atom is -0.471 e. The van der Waals surface area contributed by atoms with Crippen molar-refractivity contribution in [2.75, 3.05) is 18.4 Å². The third kappa shape index (κ3) is 3.69. The number of nitrogens with zero attached hydrogens (tertiary/aromatic N) is 1. The summed E-state index contributed by atoms with van der Waals surface area (Å²) < 4.78 is 6.01. The lowest BCUT2D eigenvalue weighted by Gasteiger charge is -2.25. The molecule has 0 saturated carbocycles. The Morgan fingerprint density at radius 1 is 1.18 bits per heavy atom. The van der Waals surface area contributed by atoms with Crippen molar-refractivity contribution in [1.29, 1.82) is 0 Å². The summed E-state index contributed by atoms with van der Waals surface area (Å²) >= 11 is 0. The molecule has 0 spiro atoms. The van der Waals surface area contributed by atoms with Crippen molar-refractivity contribution in [2.45, 2.75) is 45.3 Å². The average molecular weight is 299 g/mol. The Balaban J connectivity index is 1.88. The molecule has 4 nitrogen and oxygen atoms in total. The van der Waals surface area contributed by atoms with Crippen LogP contribution in [0.15, 0.2) is 30.5 Å². The molecule has 0 unspecified atom stereocenters. The Hall–Kier alpha value is -1.81. The minimum atomic E-state index is -0.250. The number of aromatic nitrogens is 1. The second-order valence-corrected chi connectivity index (χ2v) is 6.94. The summed E-state index contributed by atoms with van der Waals surface area (Å²) in [4.78, 5) is 4.42. The number of pyridine rings is 1. The van der Waals surface area contributed by atoms with Crippen LogP contribution in [-0.4, -0.2) is 29.7 Å². The van der Waals surface area contributed by atoms with Gasteiger partial charge in [0.05, 0.1) is 0 Å². The highest BCUT2D eigenvalue weighted by Gasteiger charge is 2.16. The van der Waals surface area contributed by atoms with Crippen LogP contribution in [0.3, 0.4) is 0 Å². The van der Waals surface area contributed by atoms with E-state index >= 15 is 0 Å². The van der Waals surface area contributed by atoms with Crippen molar-refractivity contribution in [3.8, 4) is 5.88 Å². The van der Waals surface area contributed by atoms with Crippen molar-refractivity contribution < 1.29 is 4.74 Å². The molecule has 3 rings (SSSR count). The predicted octanol–water partition coefficient (Wildman–Crippen LogP) is 3.58. The van der Waals surface area contributed by atoms with E-state index in [9.17, 15) is 0 Å². The first kappa shape index (κ1) is 15.1. The highest BCUT2D eigenvalue weighted by Crippen LogP contribution is 2.29. The Kier molecular flexibility index (Phi) is 4.21. The molecule has 0 amide bonds. The SMILES string of the molecule is CC(C)(C)Oc1nccc2ccc(NC3CCNCC3)cc12. The summed E-state index contributed by atoms with van der Waals surface area (Å²) in [6.07, 6.45) is 4.14. The van der Waals surface area contributed by atoms with E-state index < -0.39 is 0 Å². The van der Waals surface area contributed by atoms with Gasteiger partial charge in [-0.2, -0.15) is 0 Å². The van der Waals surface area contributed by atoms with Gasteiger partial charge in [-0.15, -0.1) is 0 Å². The second kappa shape index (κ2) is 6.13. The van der Waals surface area contributed by atoms with E-state index in [1.165, 1.54) is 0 Å². The summed E-state index contributed by atoms with van der Waals surface area (Å²) in [5, 5.41) is 9.26. The molecule has 22 heavy (non-hydrogen) atoms. The summed E-state index contributed by atoms with van der Waals surface area (Å²) in [7, 11) is 0. The fourth-order valence-corrected chi connectivity index (χ4v) is 2.80. The Bertz CT molecular complexity index is 642. The molecule has 2 heterocycles. The van der Waals surface area contributed by atoms with E-state index in [2.05, 4.69) is 33.8 Å². The molecular formula is C18H25N3O. The van der Waals surface area contributed by atoms with Crippen LogP contribution in [0, 0.1) is 0 Å². The molecule has 0 atom stereocenters. The smallest absolute Gasteiger partial charge is 0.221 e. The van der Waals surface area contributed by atoms with Crippen molar-refractivity contribution in [3.63, 3.8) is 0 Å². The summed E-state index contributed by atoms with van der Waals surface area (Å²) in [6, 6.07) is 9.01. The maximum Gasteiger partial charge on any atom is 0.221 e. The molecule has 2 N–H and O–H groups in total. The van der Waals surface area contributed by atoms with Crippen molar-refractivity contribution >= 4 is 16.5 Å². The van der Waals surface area contributed by atoms with E-state index in [0.29, 0.717) is 11.9 Å². The van der Waals surface area contributed by atoms with Gasteiger partial charge in [0.1, 0.15) is 5.60 Å². The second-order valence-electron chi connectivity index (χ2n) is 6.94. The minimum absolute atomic E-state index is 0.250. The molecule has 1 aliphatic heterocycles. The standard InChI is InChI=1S/C18H25N3O/c1-18(2,3)22-17-16-12-15(5-4-13(16)6-11-20-17)21-14-7-9-19-10-8-14/h4-6,11-12,14,19,21H,7-10H2,1-3H3. The highest BCUT2D eigenvalue weighted by atomic mass is 16.5. The van der Waals surface area contributed by atoms with Gasteiger partial charge in [-0.05, 0) is 70.3 Å². The van der Waals surface area contributed by atoms with Crippen LogP contribution in [-0.2, 0) is 0 Å². The number of benzene rings is 1. The number of rotatable bonds is 3. The molecule has 0 bridgehead atoms. The summed E-state index contributed by atoms with van der Waals surface area (Å²) in [5.74, 6) is 0.707. The van der Waals surface area contributed by atoms with Crippen LogP contribution in [0.4, 0.5) is 5.69 Å². The van der Waals surface area contributed by atoms with Crippen molar-refractivity contribution in [3.05, 3.63) is 30.5 Å².